The zero-order chi connectivity index (χ0) is 28.3. The fourth-order valence-electron chi connectivity index (χ4n) is 6.30. The smallest absolute Gasteiger partial charge is 0.165 e. The molecule has 2 aromatic heterocycles. The number of fused-ring (bicyclic) bond motifs is 8. The van der Waals surface area contributed by atoms with Crippen molar-refractivity contribution in [2.45, 2.75) is 0 Å². The van der Waals surface area contributed by atoms with Crippen LogP contribution in [0.2, 0.25) is 0 Å². The summed E-state index contributed by atoms with van der Waals surface area (Å²) in [6, 6.07) is 49.1. The average molecular weight is 566 g/mol. The maximum absolute atomic E-state index is 5.24. The van der Waals surface area contributed by atoms with Gasteiger partial charge in [-0.2, -0.15) is 0 Å². The molecule has 0 saturated heterocycles. The van der Waals surface area contributed by atoms with E-state index in [-0.39, 0.29) is 0 Å². The largest absolute Gasteiger partial charge is 0.208 e. The molecule has 0 aliphatic carbocycles. The molecule has 2 heterocycles. The Kier molecular flexibility index (Phi) is 5.37. The lowest BCUT2D eigenvalue weighted by molar-refractivity contribution is 1.08. The van der Waals surface area contributed by atoms with Gasteiger partial charge in [0.05, 0.1) is 0 Å². The zero-order valence-electron chi connectivity index (χ0n) is 23.0. The Bertz CT molecular complexity index is 2510. The Morgan fingerprint density at radius 2 is 1.00 bits per heavy atom. The van der Waals surface area contributed by atoms with E-state index in [1.807, 2.05) is 18.2 Å². The lowest BCUT2D eigenvalue weighted by Crippen LogP contribution is -2.01. The first kappa shape index (κ1) is 24.2. The third-order valence-corrected chi connectivity index (χ3v) is 9.54. The summed E-state index contributed by atoms with van der Waals surface area (Å²) in [4.78, 5) is 15.5. The maximum Gasteiger partial charge on any atom is 0.165 e. The molecule has 0 unspecified atom stereocenters. The lowest BCUT2D eigenvalue weighted by Gasteiger charge is -2.14. The van der Waals surface area contributed by atoms with Crippen molar-refractivity contribution >= 4 is 63.8 Å². The number of aromatic nitrogens is 3. The summed E-state index contributed by atoms with van der Waals surface area (Å²) in [6.45, 7) is 0. The molecule has 4 heteroatoms. The van der Waals surface area contributed by atoms with Gasteiger partial charge in [-0.1, -0.05) is 121 Å². The van der Waals surface area contributed by atoms with E-state index < -0.39 is 0 Å². The topological polar surface area (TPSA) is 38.7 Å². The number of thiophene rings is 1. The zero-order valence-corrected chi connectivity index (χ0v) is 23.8. The summed E-state index contributed by atoms with van der Waals surface area (Å²) >= 11 is 1.79. The summed E-state index contributed by atoms with van der Waals surface area (Å²) in [5, 5.41) is 9.66. The Labute approximate surface area is 251 Å². The molecule has 0 fully saturated rings. The number of hydrogen-bond donors (Lipinski definition) is 0. The minimum absolute atomic E-state index is 0.667. The number of nitrogens with zero attached hydrogens (tertiary/aromatic N) is 3. The van der Waals surface area contributed by atoms with Gasteiger partial charge in [-0.25, -0.2) is 15.0 Å². The van der Waals surface area contributed by atoms with Crippen molar-refractivity contribution < 1.29 is 0 Å². The highest BCUT2D eigenvalue weighted by atomic mass is 32.1. The predicted octanol–water partition coefficient (Wildman–Crippen LogP) is 10.7. The summed E-state index contributed by atoms with van der Waals surface area (Å²) in [5.74, 6) is 2.02. The quantitative estimate of drug-likeness (QED) is 0.200. The van der Waals surface area contributed by atoms with Crippen molar-refractivity contribution in [2.24, 2.45) is 0 Å². The molecule has 7 aromatic carbocycles. The van der Waals surface area contributed by atoms with Crippen LogP contribution in [0.5, 0.6) is 0 Å². The van der Waals surface area contributed by atoms with Crippen molar-refractivity contribution in [2.75, 3.05) is 0 Å². The van der Waals surface area contributed by atoms with Crippen molar-refractivity contribution in [3.63, 3.8) is 0 Å². The van der Waals surface area contributed by atoms with Gasteiger partial charge in [0.1, 0.15) is 0 Å². The monoisotopic (exact) mass is 565 g/mol. The molecular formula is C39H23N3S. The van der Waals surface area contributed by atoms with E-state index in [2.05, 4.69) is 121 Å². The summed E-state index contributed by atoms with van der Waals surface area (Å²) in [5.41, 5.74) is 2.99. The molecule has 0 aliphatic rings. The highest BCUT2D eigenvalue weighted by Crippen LogP contribution is 2.41. The molecule has 0 atom stereocenters. The van der Waals surface area contributed by atoms with Crippen LogP contribution in [-0.4, -0.2) is 15.0 Å². The van der Waals surface area contributed by atoms with E-state index in [9.17, 15) is 0 Å². The second-order valence-electron chi connectivity index (χ2n) is 10.8. The maximum atomic E-state index is 5.24. The lowest BCUT2D eigenvalue weighted by atomic mass is 9.93. The van der Waals surface area contributed by atoms with Gasteiger partial charge in [-0.05, 0) is 50.5 Å². The molecule has 0 N–H and O–H groups in total. The van der Waals surface area contributed by atoms with E-state index in [4.69, 9.17) is 15.0 Å². The first-order chi connectivity index (χ1) is 21.3. The Hall–Kier alpha value is -5.45. The van der Waals surface area contributed by atoms with E-state index in [0.29, 0.717) is 17.5 Å². The van der Waals surface area contributed by atoms with Crippen LogP contribution in [0.4, 0.5) is 0 Å². The standard InChI is InChI=1S/C39H23N3S/c1-2-12-25(13-3-1)37-40-38(32-19-10-18-31-30-17-8-9-20-35(30)43-36(31)32)42-39(41-37)34-23-33-26-14-5-4-11-24(26)21-22-29(33)27-15-6-7-16-28(27)34/h1-23H. The second-order valence-corrected chi connectivity index (χ2v) is 11.9. The number of hydrogen-bond acceptors (Lipinski definition) is 4. The first-order valence-corrected chi connectivity index (χ1v) is 15.2. The molecule has 0 amide bonds. The normalized spacial score (nSPS) is 11.7. The fourth-order valence-corrected chi connectivity index (χ4v) is 7.51. The van der Waals surface area contributed by atoms with Crippen LogP contribution in [0, 0.1) is 0 Å². The third-order valence-electron chi connectivity index (χ3n) is 8.32. The van der Waals surface area contributed by atoms with Crippen LogP contribution in [0.1, 0.15) is 0 Å². The predicted molar refractivity (Wildman–Crippen MR) is 182 cm³/mol. The Balaban J connectivity index is 1.38. The van der Waals surface area contributed by atoms with Gasteiger partial charge in [0, 0.05) is 36.9 Å². The SMILES string of the molecule is c1ccc(-c2nc(-c3cc4c5ccccc5ccc4c4ccccc34)nc(-c3cccc4c3sc3ccccc34)n2)cc1. The molecular weight excluding hydrogens is 543 g/mol. The fraction of sp³-hybridized carbons (Fsp3) is 0. The van der Waals surface area contributed by atoms with E-state index in [1.165, 1.54) is 47.1 Å². The number of rotatable bonds is 3. The van der Waals surface area contributed by atoms with Gasteiger partial charge < -0.3 is 0 Å². The van der Waals surface area contributed by atoms with Gasteiger partial charge in [-0.15, -0.1) is 11.3 Å². The molecule has 0 radical (unpaired) electrons. The van der Waals surface area contributed by atoms with Gasteiger partial charge in [0.2, 0.25) is 0 Å². The van der Waals surface area contributed by atoms with Crippen LogP contribution in [0.15, 0.2) is 140 Å². The Morgan fingerprint density at radius 1 is 0.372 bits per heavy atom. The van der Waals surface area contributed by atoms with Crippen LogP contribution >= 0.6 is 11.3 Å². The third kappa shape index (κ3) is 3.84. The molecule has 0 spiro atoms. The summed E-state index contributed by atoms with van der Waals surface area (Å²) in [7, 11) is 0. The van der Waals surface area contributed by atoms with E-state index in [0.717, 1.165) is 22.1 Å². The average Bonchev–Trinajstić information content (AvgIpc) is 3.47. The van der Waals surface area contributed by atoms with Crippen molar-refractivity contribution in [3.05, 3.63) is 140 Å². The Morgan fingerprint density at radius 3 is 1.86 bits per heavy atom. The molecule has 0 aliphatic heterocycles. The van der Waals surface area contributed by atoms with E-state index >= 15 is 0 Å². The highest BCUT2D eigenvalue weighted by Gasteiger charge is 2.19. The second kappa shape index (κ2) is 9.55. The molecule has 9 aromatic rings. The number of benzene rings is 7. The summed E-state index contributed by atoms with van der Waals surface area (Å²) in [6.07, 6.45) is 0. The van der Waals surface area contributed by atoms with Gasteiger partial charge in [0.25, 0.3) is 0 Å². The molecule has 9 rings (SSSR count). The van der Waals surface area contributed by atoms with Gasteiger partial charge in [0.15, 0.2) is 17.5 Å². The highest BCUT2D eigenvalue weighted by molar-refractivity contribution is 7.26. The van der Waals surface area contributed by atoms with Crippen LogP contribution in [0.25, 0.3) is 86.7 Å². The van der Waals surface area contributed by atoms with Crippen LogP contribution in [-0.2, 0) is 0 Å². The van der Waals surface area contributed by atoms with Gasteiger partial charge in [-0.3, -0.25) is 0 Å². The summed E-state index contributed by atoms with van der Waals surface area (Å²) < 4.78 is 2.45. The van der Waals surface area contributed by atoms with Gasteiger partial charge >= 0.3 is 0 Å². The van der Waals surface area contributed by atoms with Crippen molar-refractivity contribution in [3.8, 4) is 34.2 Å². The van der Waals surface area contributed by atoms with Crippen molar-refractivity contribution in [1.82, 2.24) is 15.0 Å². The molecule has 0 bridgehead atoms. The molecule has 3 nitrogen and oxygen atoms in total. The van der Waals surface area contributed by atoms with Crippen LogP contribution < -0.4 is 0 Å². The molecule has 200 valence electrons. The molecule has 43 heavy (non-hydrogen) atoms. The minimum Gasteiger partial charge on any atom is -0.208 e. The van der Waals surface area contributed by atoms with E-state index in [1.54, 1.807) is 11.3 Å². The van der Waals surface area contributed by atoms with Crippen LogP contribution in [0.3, 0.4) is 0 Å². The minimum atomic E-state index is 0.667. The van der Waals surface area contributed by atoms with Crippen molar-refractivity contribution in [1.29, 1.82) is 0 Å². The first-order valence-electron chi connectivity index (χ1n) is 14.4. The molecule has 0 saturated carbocycles.